The number of esters is 1. The molecule has 3 atom stereocenters. The minimum atomic E-state index is -1.03. The minimum absolute atomic E-state index is 0.0495. The van der Waals surface area contributed by atoms with E-state index in [4.69, 9.17) is 4.74 Å². The fourth-order valence-corrected chi connectivity index (χ4v) is 4.64. The van der Waals surface area contributed by atoms with E-state index >= 15 is 0 Å². The molecule has 1 fully saturated rings. The van der Waals surface area contributed by atoms with E-state index in [0.29, 0.717) is 18.5 Å². The number of hydrogen-bond acceptors (Lipinski definition) is 5. The van der Waals surface area contributed by atoms with Crippen molar-refractivity contribution in [1.82, 2.24) is 4.90 Å². The summed E-state index contributed by atoms with van der Waals surface area (Å²) in [5, 5.41) is 4.63. The van der Waals surface area contributed by atoms with Crippen LogP contribution in [0.3, 0.4) is 0 Å². The van der Waals surface area contributed by atoms with Gasteiger partial charge in [0.2, 0.25) is 11.8 Å². The first-order chi connectivity index (χ1) is 15.9. The van der Waals surface area contributed by atoms with Crippen molar-refractivity contribution in [3.63, 3.8) is 0 Å². The standard InChI is InChI=1S/C26H28N2O5/c1-16(2)14-22(28-24(30)19-11-5-6-12-20(19)25(28)31)26(32)33-15-23(29)27-21-13-7-9-17-8-3-4-10-18(17)21/h3-10,13,16,19-20,22H,11-12,14-15H2,1-2H3,(H,27,29)/t19-,20+,22-/m0/s1. The molecule has 33 heavy (non-hydrogen) atoms. The Morgan fingerprint density at radius 3 is 2.30 bits per heavy atom. The molecule has 2 aromatic rings. The lowest BCUT2D eigenvalue weighted by Crippen LogP contribution is -2.47. The topological polar surface area (TPSA) is 92.8 Å². The molecule has 0 unspecified atom stereocenters. The number of rotatable bonds is 7. The molecule has 2 aromatic carbocycles. The van der Waals surface area contributed by atoms with Crippen molar-refractivity contribution in [2.24, 2.45) is 17.8 Å². The van der Waals surface area contributed by atoms with Gasteiger partial charge in [0.25, 0.3) is 5.91 Å². The van der Waals surface area contributed by atoms with Gasteiger partial charge in [-0.05, 0) is 36.6 Å². The number of imide groups is 1. The van der Waals surface area contributed by atoms with Crippen molar-refractivity contribution in [3.8, 4) is 0 Å². The zero-order valence-electron chi connectivity index (χ0n) is 18.8. The second-order valence-electron chi connectivity index (χ2n) is 9.03. The first-order valence-corrected chi connectivity index (χ1v) is 11.3. The van der Waals surface area contributed by atoms with E-state index in [1.807, 2.05) is 62.4 Å². The van der Waals surface area contributed by atoms with Crippen LogP contribution in [0, 0.1) is 17.8 Å². The summed E-state index contributed by atoms with van der Waals surface area (Å²) < 4.78 is 5.30. The van der Waals surface area contributed by atoms with Crippen LogP contribution in [0.15, 0.2) is 54.6 Å². The third-order valence-electron chi connectivity index (χ3n) is 6.23. The molecular weight excluding hydrogens is 420 g/mol. The normalized spacial score (nSPS) is 20.8. The highest BCUT2D eigenvalue weighted by atomic mass is 16.5. The summed E-state index contributed by atoms with van der Waals surface area (Å²) in [6.45, 7) is 3.32. The molecule has 2 aliphatic rings. The predicted molar refractivity (Wildman–Crippen MR) is 124 cm³/mol. The van der Waals surface area contributed by atoms with Gasteiger partial charge in [-0.15, -0.1) is 0 Å². The molecule has 1 heterocycles. The second-order valence-corrected chi connectivity index (χ2v) is 9.03. The molecule has 0 saturated carbocycles. The molecule has 1 saturated heterocycles. The molecule has 0 spiro atoms. The minimum Gasteiger partial charge on any atom is -0.454 e. The van der Waals surface area contributed by atoms with Crippen molar-refractivity contribution >= 4 is 40.2 Å². The van der Waals surface area contributed by atoms with E-state index < -0.39 is 36.4 Å². The lowest BCUT2D eigenvalue weighted by molar-refractivity contribution is -0.160. The molecule has 3 amide bonds. The molecule has 1 aliphatic carbocycles. The highest BCUT2D eigenvalue weighted by Gasteiger charge is 2.51. The highest BCUT2D eigenvalue weighted by molar-refractivity contribution is 6.08. The third-order valence-corrected chi connectivity index (χ3v) is 6.23. The van der Waals surface area contributed by atoms with E-state index in [1.54, 1.807) is 6.07 Å². The maximum absolute atomic E-state index is 13.0. The number of amides is 3. The Bertz CT molecular complexity index is 1090. The van der Waals surface area contributed by atoms with Crippen LogP contribution in [-0.4, -0.2) is 41.2 Å². The van der Waals surface area contributed by atoms with E-state index in [0.717, 1.165) is 15.7 Å². The summed E-state index contributed by atoms with van der Waals surface area (Å²) >= 11 is 0. The van der Waals surface area contributed by atoms with Gasteiger partial charge < -0.3 is 10.1 Å². The zero-order chi connectivity index (χ0) is 23.5. The lowest BCUT2D eigenvalue weighted by Gasteiger charge is -2.26. The molecule has 4 rings (SSSR count). The van der Waals surface area contributed by atoms with Crippen LogP contribution in [-0.2, 0) is 23.9 Å². The maximum Gasteiger partial charge on any atom is 0.329 e. The number of likely N-dealkylation sites (tertiary alicyclic amines) is 1. The predicted octanol–water partition coefficient (Wildman–Crippen LogP) is 3.69. The van der Waals surface area contributed by atoms with Crippen LogP contribution < -0.4 is 5.32 Å². The first-order valence-electron chi connectivity index (χ1n) is 11.3. The number of hydrogen-bond donors (Lipinski definition) is 1. The largest absolute Gasteiger partial charge is 0.454 e. The summed E-state index contributed by atoms with van der Waals surface area (Å²) in [4.78, 5) is 52.5. The Kier molecular flexibility index (Phi) is 6.58. The molecule has 1 N–H and O–H groups in total. The Labute approximate surface area is 192 Å². The van der Waals surface area contributed by atoms with Crippen LogP contribution >= 0.6 is 0 Å². The fourth-order valence-electron chi connectivity index (χ4n) is 4.64. The monoisotopic (exact) mass is 448 g/mol. The van der Waals surface area contributed by atoms with Crippen LogP contribution in [0.2, 0.25) is 0 Å². The van der Waals surface area contributed by atoms with Gasteiger partial charge in [-0.1, -0.05) is 62.4 Å². The number of benzene rings is 2. The van der Waals surface area contributed by atoms with Gasteiger partial charge in [0, 0.05) is 11.1 Å². The van der Waals surface area contributed by atoms with Gasteiger partial charge in [-0.3, -0.25) is 19.3 Å². The molecular formula is C26H28N2O5. The Morgan fingerprint density at radius 1 is 1.00 bits per heavy atom. The molecule has 0 radical (unpaired) electrons. The second kappa shape index (κ2) is 9.57. The van der Waals surface area contributed by atoms with Gasteiger partial charge in [0.05, 0.1) is 11.8 Å². The van der Waals surface area contributed by atoms with E-state index in [2.05, 4.69) is 5.32 Å². The number of carbonyl (C=O) groups is 4. The van der Waals surface area contributed by atoms with Gasteiger partial charge in [-0.25, -0.2) is 4.79 Å². The maximum atomic E-state index is 13.0. The van der Waals surface area contributed by atoms with Crippen molar-refractivity contribution in [1.29, 1.82) is 0 Å². The molecule has 1 aliphatic heterocycles. The van der Waals surface area contributed by atoms with Crippen molar-refractivity contribution in [3.05, 3.63) is 54.6 Å². The summed E-state index contributed by atoms with van der Waals surface area (Å²) in [6, 6.07) is 12.2. The van der Waals surface area contributed by atoms with Gasteiger partial charge in [-0.2, -0.15) is 0 Å². The Morgan fingerprint density at radius 2 is 1.64 bits per heavy atom. The number of carbonyl (C=O) groups excluding carboxylic acids is 4. The molecule has 0 bridgehead atoms. The highest BCUT2D eigenvalue weighted by Crippen LogP contribution is 2.37. The molecule has 7 heteroatoms. The number of nitrogens with zero attached hydrogens (tertiary/aromatic N) is 1. The average molecular weight is 449 g/mol. The quantitative estimate of drug-likeness (QED) is 0.396. The fraction of sp³-hybridized carbons (Fsp3) is 0.385. The van der Waals surface area contributed by atoms with E-state index in [1.165, 1.54) is 0 Å². The third kappa shape index (κ3) is 4.67. The molecule has 172 valence electrons. The summed E-state index contributed by atoms with van der Waals surface area (Å²) in [7, 11) is 0. The van der Waals surface area contributed by atoms with Crippen LogP contribution in [0.5, 0.6) is 0 Å². The number of ether oxygens (including phenoxy) is 1. The Hall–Kier alpha value is -3.48. The zero-order valence-corrected chi connectivity index (χ0v) is 18.8. The van der Waals surface area contributed by atoms with Gasteiger partial charge in [0.1, 0.15) is 6.04 Å². The van der Waals surface area contributed by atoms with Gasteiger partial charge >= 0.3 is 5.97 Å². The molecule has 0 aromatic heterocycles. The number of allylic oxidation sites excluding steroid dienone is 2. The van der Waals surface area contributed by atoms with E-state index in [-0.39, 0.29) is 24.2 Å². The molecule has 7 nitrogen and oxygen atoms in total. The Balaban J connectivity index is 1.44. The van der Waals surface area contributed by atoms with Crippen molar-refractivity contribution in [2.75, 3.05) is 11.9 Å². The van der Waals surface area contributed by atoms with Crippen molar-refractivity contribution < 1.29 is 23.9 Å². The number of anilines is 1. The van der Waals surface area contributed by atoms with Gasteiger partial charge in [0.15, 0.2) is 6.61 Å². The summed E-state index contributed by atoms with van der Waals surface area (Å²) in [5.41, 5.74) is 0.620. The van der Waals surface area contributed by atoms with Crippen molar-refractivity contribution in [2.45, 2.75) is 39.2 Å². The number of nitrogens with one attached hydrogen (secondary N) is 1. The van der Waals surface area contributed by atoms with Crippen LogP contribution in [0.1, 0.15) is 33.1 Å². The van der Waals surface area contributed by atoms with Crippen LogP contribution in [0.4, 0.5) is 5.69 Å². The lowest BCUT2D eigenvalue weighted by atomic mass is 9.85. The van der Waals surface area contributed by atoms with E-state index in [9.17, 15) is 19.2 Å². The average Bonchev–Trinajstić information content (AvgIpc) is 3.06. The SMILES string of the molecule is CC(C)C[C@@H](C(=O)OCC(=O)Nc1cccc2ccccc12)N1C(=O)[C@H]2CC=CC[C@H]2C1=O. The summed E-state index contributed by atoms with van der Waals surface area (Å²) in [6.07, 6.45) is 5.10. The first kappa shape index (κ1) is 22.7. The number of fused-ring (bicyclic) bond motifs is 2. The summed E-state index contributed by atoms with van der Waals surface area (Å²) in [5.74, 6) is -2.65. The smallest absolute Gasteiger partial charge is 0.329 e. The van der Waals surface area contributed by atoms with Crippen LogP contribution in [0.25, 0.3) is 10.8 Å².